The molecular formula is C14H17N6+. The maximum Gasteiger partial charge on any atom is 0.307 e. The van der Waals surface area contributed by atoms with Gasteiger partial charge in [-0.15, -0.1) is 4.52 Å². The molecule has 0 atom stereocenters. The van der Waals surface area contributed by atoms with Gasteiger partial charge in [-0.1, -0.05) is 12.1 Å². The van der Waals surface area contributed by atoms with E-state index in [-0.39, 0.29) is 5.96 Å². The van der Waals surface area contributed by atoms with Gasteiger partial charge >= 0.3 is 5.65 Å². The molecule has 0 saturated carbocycles. The standard InChI is InChI=1S/C14H17N6/c1-18-7-6-13-19(8-9-20(13)18)10-11-2-4-12(5-3-11)17-14(15)16/h2-9H,10H2,1H3,(H4,15,16,17)/q+1. The third-order valence-corrected chi connectivity index (χ3v) is 3.24. The van der Waals surface area contributed by atoms with Crippen LogP contribution in [0.25, 0.3) is 5.65 Å². The number of rotatable bonds is 3. The first-order chi connectivity index (χ1) is 9.63. The first kappa shape index (κ1) is 12.3. The lowest BCUT2D eigenvalue weighted by atomic mass is 10.2. The Kier molecular flexibility index (Phi) is 2.90. The van der Waals surface area contributed by atoms with Crippen LogP contribution >= 0.6 is 0 Å². The molecule has 6 heteroatoms. The highest BCUT2D eigenvalue weighted by Crippen LogP contribution is 2.12. The molecule has 0 spiro atoms. The van der Waals surface area contributed by atoms with Gasteiger partial charge in [0, 0.05) is 19.3 Å². The predicted molar refractivity (Wildman–Crippen MR) is 77.6 cm³/mol. The molecular weight excluding hydrogens is 252 g/mol. The van der Waals surface area contributed by atoms with Gasteiger partial charge in [0.05, 0.1) is 5.69 Å². The van der Waals surface area contributed by atoms with Crippen molar-refractivity contribution < 1.29 is 4.57 Å². The van der Waals surface area contributed by atoms with Crippen LogP contribution in [0.5, 0.6) is 0 Å². The Bertz CT molecular complexity index is 759. The Morgan fingerprint density at radius 2 is 1.90 bits per heavy atom. The number of hydrogen-bond acceptors (Lipinski definition) is 1. The summed E-state index contributed by atoms with van der Waals surface area (Å²) in [7, 11) is 2.02. The van der Waals surface area contributed by atoms with E-state index < -0.39 is 0 Å². The first-order valence-corrected chi connectivity index (χ1v) is 6.34. The highest BCUT2D eigenvalue weighted by atomic mass is 15.4. The molecule has 6 nitrogen and oxygen atoms in total. The molecule has 0 bridgehead atoms. The Morgan fingerprint density at radius 3 is 2.60 bits per heavy atom. The van der Waals surface area contributed by atoms with Crippen molar-refractivity contribution in [1.82, 2.24) is 9.20 Å². The summed E-state index contributed by atoms with van der Waals surface area (Å²) in [6.45, 7) is 0.808. The Morgan fingerprint density at radius 1 is 1.15 bits per heavy atom. The van der Waals surface area contributed by atoms with Crippen LogP contribution < -0.4 is 16.0 Å². The Hall–Kier alpha value is -2.76. The molecule has 1 aromatic carbocycles. The fraction of sp³-hybridized carbons (Fsp3) is 0.143. The van der Waals surface area contributed by atoms with Crippen molar-refractivity contribution in [2.24, 2.45) is 23.5 Å². The van der Waals surface area contributed by atoms with E-state index >= 15 is 0 Å². The minimum atomic E-state index is 0.0746. The third-order valence-electron chi connectivity index (χ3n) is 3.24. The maximum atomic E-state index is 5.36. The normalized spacial score (nSPS) is 10.8. The summed E-state index contributed by atoms with van der Waals surface area (Å²) in [6, 6.07) is 9.97. The van der Waals surface area contributed by atoms with E-state index in [0.717, 1.165) is 17.9 Å². The van der Waals surface area contributed by atoms with Gasteiger partial charge in [0.25, 0.3) is 0 Å². The molecule has 102 valence electrons. The number of imidazole rings is 1. The zero-order valence-electron chi connectivity index (χ0n) is 11.3. The van der Waals surface area contributed by atoms with Gasteiger partial charge in [0.1, 0.15) is 12.7 Å². The Balaban J connectivity index is 1.85. The molecule has 0 aliphatic rings. The maximum absolute atomic E-state index is 5.36. The average Bonchev–Trinajstić information content (AvgIpc) is 2.96. The van der Waals surface area contributed by atoms with Gasteiger partial charge in [-0.05, 0) is 17.7 Å². The number of aliphatic imine (C=N–C) groups is 1. The number of nitrogens with zero attached hydrogens (tertiary/aromatic N) is 4. The smallest absolute Gasteiger partial charge is 0.307 e. The van der Waals surface area contributed by atoms with Crippen LogP contribution in [0.15, 0.2) is 53.9 Å². The van der Waals surface area contributed by atoms with Crippen LogP contribution in [-0.2, 0) is 13.6 Å². The molecule has 2 aromatic heterocycles. The number of aryl methyl sites for hydroxylation is 1. The van der Waals surface area contributed by atoms with E-state index in [0.29, 0.717) is 0 Å². The lowest BCUT2D eigenvalue weighted by Gasteiger charge is -2.00. The highest BCUT2D eigenvalue weighted by Gasteiger charge is 2.12. The van der Waals surface area contributed by atoms with Crippen molar-refractivity contribution in [3.8, 4) is 0 Å². The highest BCUT2D eigenvalue weighted by molar-refractivity contribution is 5.78. The third kappa shape index (κ3) is 2.23. The van der Waals surface area contributed by atoms with Gasteiger partial charge in [-0.25, -0.2) is 14.2 Å². The van der Waals surface area contributed by atoms with Crippen LogP contribution in [0.2, 0.25) is 0 Å². The summed E-state index contributed by atoms with van der Waals surface area (Å²) in [5, 5.41) is 0. The molecule has 0 radical (unpaired) electrons. The molecule has 4 N–H and O–H groups in total. The topological polar surface area (TPSA) is 77.6 Å². The second-order valence-electron chi connectivity index (χ2n) is 4.72. The lowest BCUT2D eigenvalue weighted by molar-refractivity contribution is -0.661. The van der Waals surface area contributed by atoms with Crippen molar-refractivity contribution >= 4 is 17.3 Å². The van der Waals surface area contributed by atoms with Crippen LogP contribution in [-0.4, -0.2) is 15.2 Å². The second kappa shape index (κ2) is 4.73. The van der Waals surface area contributed by atoms with Crippen molar-refractivity contribution in [1.29, 1.82) is 0 Å². The summed E-state index contributed by atoms with van der Waals surface area (Å²) in [4.78, 5) is 4.01. The van der Waals surface area contributed by atoms with E-state index in [1.54, 1.807) is 0 Å². The van der Waals surface area contributed by atoms with Crippen LogP contribution in [0.4, 0.5) is 5.69 Å². The summed E-state index contributed by atoms with van der Waals surface area (Å²) in [6.07, 6.45) is 6.15. The van der Waals surface area contributed by atoms with Gasteiger partial charge < -0.3 is 11.5 Å². The number of hydrogen-bond donors (Lipinski definition) is 2. The van der Waals surface area contributed by atoms with Gasteiger partial charge in [-0.3, -0.25) is 0 Å². The predicted octanol–water partition coefficient (Wildman–Crippen LogP) is 0.519. The fourth-order valence-corrected chi connectivity index (χ4v) is 2.27. The van der Waals surface area contributed by atoms with E-state index in [4.69, 9.17) is 11.5 Å². The fourth-order valence-electron chi connectivity index (χ4n) is 2.27. The minimum Gasteiger partial charge on any atom is -0.370 e. The van der Waals surface area contributed by atoms with Crippen molar-refractivity contribution in [3.63, 3.8) is 0 Å². The molecule has 0 saturated heterocycles. The molecule has 3 rings (SSSR count). The Labute approximate surface area is 116 Å². The van der Waals surface area contributed by atoms with Crippen LogP contribution in [0.1, 0.15) is 5.56 Å². The molecule has 0 unspecified atom stereocenters. The quantitative estimate of drug-likeness (QED) is 0.413. The molecule has 0 amide bonds. The monoisotopic (exact) mass is 269 g/mol. The van der Waals surface area contributed by atoms with E-state index in [2.05, 4.69) is 26.3 Å². The zero-order valence-corrected chi connectivity index (χ0v) is 11.3. The number of fused-ring (bicyclic) bond motifs is 1. The minimum absolute atomic E-state index is 0.0746. The summed E-state index contributed by atoms with van der Waals surface area (Å²) in [5.74, 6) is 0.0746. The molecule has 0 aliphatic heterocycles. The van der Waals surface area contributed by atoms with E-state index in [1.165, 1.54) is 5.56 Å². The SMILES string of the molecule is Cn1ccc2n1cc[n+]2Cc1ccc(N=C(N)N)cc1. The summed E-state index contributed by atoms with van der Waals surface area (Å²) in [5.41, 5.74) is 13.8. The second-order valence-corrected chi connectivity index (χ2v) is 4.72. The molecule has 3 aromatic rings. The van der Waals surface area contributed by atoms with Gasteiger partial charge in [0.15, 0.2) is 12.2 Å². The van der Waals surface area contributed by atoms with Crippen molar-refractivity contribution in [3.05, 3.63) is 54.5 Å². The zero-order chi connectivity index (χ0) is 14.1. The molecule has 0 fully saturated rings. The molecule has 2 heterocycles. The molecule has 20 heavy (non-hydrogen) atoms. The number of benzene rings is 1. The largest absolute Gasteiger partial charge is 0.370 e. The number of aromatic nitrogens is 3. The first-order valence-electron chi connectivity index (χ1n) is 6.34. The van der Waals surface area contributed by atoms with Gasteiger partial charge in [0.2, 0.25) is 0 Å². The van der Waals surface area contributed by atoms with E-state index in [1.807, 2.05) is 48.4 Å². The number of nitrogens with two attached hydrogens (primary N) is 2. The van der Waals surface area contributed by atoms with Crippen molar-refractivity contribution in [2.75, 3.05) is 0 Å². The van der Waals surface area contributed by atoms with E-state index in [9.17, 15) is 0 Å². The molecule has 0 aliphatic carbocycles. The average molecular weight is 269 g/mol. The van der Waals surface area contributed by atoms with Gasteiger partial charge in [-0.2, -0.15) is 0 Å². The lowest BCUT2D eigenvalue weighted by Crippen LogP contribution is -2.32. The number of guanidine groups is 1. The van der Waals surface area contributed by atoms with Crippen molar-refractivity contribution in [2.45, 2.75) is 6.54 Å². The van der Waals surface area contributed by atoms with Crippen LogP contribution in [0, 0.1) is 0 Å². The summed E-state index contributed by atoms with van der Waals surface area (Å²) < 4.78 is 6.32. The summed E-state index contributed by atoms with van der Waals surface area (Å²) >= 11 is 0. The van der Waals surface area contributed by atoms with Crippen LogP contribution in [0.3, 0.4) is 0 Å².